The second-order valence-electron chi connectivity index (χ2n) is 5.02. The van der Waals surface area contributed by atoms with Crippen molar-refractivity contribution in [3.63, 3.8) is 0 Å². The molecule has 2 unspecified atom stereocenters. The maximum atomic E-state index is 11.7. The molecule has 2 rings (SSSR count). The van der Waals surface area contributed by atoms with Gasteiger partial charge in [0, 0.05) is 13.5 Å². The fourth-order valence-corrected chi connectivity index (χ4v) is 2.53. The molecule has 1 aromatic rings. The van der Waals surface area contributed by atoms with Gasteiger partial charge in [-0.25, -0.2) is 0 Å². The average Bonchev–Trinajstić information content (AvgIpc) is 2.74. The van der Waals surface area contributed by atoms with E-state index in [4.69, 9.17) is 4.74 Å². The third-order valence-electron chi connectivity index (χ3n) is 3.60. The number of carboxylic acids is 1. The maximum absolute atomic E-state index is 11.7. The van der Waals surface area contributed by atoms with Crippen LogP contribution >= 0.6 is 0 Å². The van der Waals surface area contributed by atoms with Crippen molar-refractivity contribution in [2.24, 2.45) is 5.92 Å². The summed E-state index contributed by atoms with van der Waals surface area (Å²) in [6.45, 7) is 2.68. The number of hydrogen-bond acceptors (Lipinski definition) is 3. The van der Waals surface area contributed by atoms with Gasteiger partial charge in [0.2, 0.25) is 5.91 Å². The van der Waals surface area contributed by atoms with E-state index < -0.39 is 17.9 Å². The number of rotatable bonds is 5. The Bertz CT molecular complexity index is 497. The minimum atomic E-state index is -0.931. The van der Waals surface area contributed by atoms with Crippen molar-refractivity contribution in [3.05, 3.63) is 29.8 Å². The molecule has 1 fully saturated rings. The molecule has 0 radical (unpaired) electrons. The molecule has 1 aliphatic rings. The lowest BCUT2D eigenvalue weighted by atomic mass is 9.94. The lowest BCUT2D eigenvalue weighted by Gasteiger charge is -2.23. The van der Waals surface area contributed by atoms with Gasteiger partial charge in [-0.1, -0.05) is 19.1 Å². The summed E-state index contributed by atoms with van der Waals surface area (Å²) < 4.78 is 5.50. The number of ether oxygens (including phenoxy) is 1. The Morgan fingerprint density at radius 2 is 2.05 bits per heavy atom. The summed E-state index contributed by atoms with van der Waals surface area (Å²) in [7, 11) is 1.65. The first-order chi connectivity index (χ1) is 9.54. The van der Waals surface area contributed by atoms with Crippen LogP contribution in [-0.4, -0.2) is 35.5 Å². The van der Waals surface area contributed by atoms with Gasteiger partial charge in [-0.15, -0.1) is 0 Å². The summed E-state index contributed by atoms with van der Waals surface area (Å²) in [5, 5.41) is 9.25. The Morgan fingerprint density at radius 1 is 1.40 bits per heavy atom. The van der Waals surface area contributed by atoms with Crippen LogP contribution in [-0.2, 0) is 9.59 Å². The Morgan fingerprint density at radius 3 is 2.60 bits per heavy atom. The van der Waals surface area contributed by atoms with Crippen molar-refractivity contribution in [2.75, 3.05) is 13.7 Å². The van der Waals surface area contributed by atoms with E-state index in [1.54, 1.807) is 7.05 Å². The van der Waals surface area contributed by atoms with Crippen LogP contribution in [0.3, 0.4) is 0 Å². The van der Waals surface area contributed by atoms with Crippen LogP contribution in [0.5, 0.6) is 5.75 Å². The molecule has 1 saturated heterocycles. The van der Waals surface area contributed by atoms with E-state index in [0.717, 1.165) is 17.7 Å². The fraction of sp³-hybridized carbons (Fsp3) is 0.467. The average molecular weight is 277 g/mol. The van der Waals surface area contributed by atoms with E-state index in [2.05, 4.69) is 0 Å². The SMILES string of the molecule is CCCOc1ccc(C2C(C(=O)O)CC(=O)N2C)cc1. The first kappa shape index (κ1) is 14.4. The van der Waals surface area contributed by atoms with E-state index in [9.17, 15) is 14.7 Å². The van der Waals surface area contributed by atoms with E-state index >= 15 is 0 Å². The monoisotopic (exact) mass is 277 g/mol. The van der Waals surface area contributed by atoms with Crippen LogP contribution in [0.25, 0.3) is 0 Å². The van der Waals surface area contributed by atoms with Crippen molar-refractivity contribution in [2.45, 2.75) is 25.8 Å². The van der Waals surface area contributed by atoms with E-state index in [-0.39, 0.29) is 12.3 Å². The van der Waals surface area contributed by atoms with Crippen molar-refractivity contribution >= 4 is 11.9 Å². The number of carbonyl (C=O) groups excluding carboxylic acids is 1. The Hall–Kier alpha value is -2.04. The third kappa shape index (κ3) is 2.76. The molecule has 1 N–H and O–H groups in total. The van der Waals surface area contributed by atoms with E-state index in [1.165, 1.54) is 4.90 Å². The first-order valence-corrected chi connectivity index (χ1v) is 6.75. The predicted octanol–water partition coefficient (Wildman–Crippen LogP) is 2.08. The molecule has 1 heterocycles. The Labute approximate surface area is 118 Å². The van der Waals surface area contributed by atoms with Crippen molar-refractivity contribution in [3.8, 4) is 5.75 Å². The molecule has 0 saturated carbocycles. The fourth-order valence-electron chi connectivity index (χ4n) is 2.53. The molecule has 0 aliphatic carbocycles. The topological polar surface area (TPSA) is 66.8 Å². The Kier molecular flexibility index (Phi) is 4.27. The molecule has 108 valence electrons. The van der Waals surface area contributed by atoms with Crippen LogP contribution in [0.1, 0.15) is 31.4 Å². The van der Waals surface area contributed by atoms with Crippen molar-refractivity contribution in [1.29, 1.82) is 0 Å². The second kappa shape index (κ2) is 5.94. The van der Waals surface area contributed by atoms with Gasteiger partial charge < -0.3 is 14.7 Å². The molecule has 1 aromatic carbocycles. The number of likely N-dealkylation sites (tertiary alicyclic amines) is 1. The maximum Gasteiger partial charge on any atom is 0.309 e. The number of benzene rings is 1. The van der Waals surface area contributed by atoms with E-state index in [0.29, 0.717) is 6.61 Å². The highest BCUT2D eigenvalue weighted by molar-refractivity contribution is 5.87. The van der Waals surface area contributed by atoms with Gasteiger partial charge in [-0.05, 0) is 24.1 Å². The molecular weight excluding hydrogens is 258 g/mol. The molecule has 5 nitrogen and oxygen atoms in total. The third-order valence-corrected chi connectivity index (χ3v) is 3.60. The smallest absolute Gasteiger partial charge is 0.309 e. The summed E-state index contributed by atoms with van der Waals surface area (Å²) in [5.74, 6) is -0.989. The highest BCUT2D eigenvalue weighted by Gasteiger charge is 2.42. The zero-order chi connectivity index (χ0) is 14.7. The quantitative estimate of drug-likeness (QED) is 0.894. The van der Waals surface area contributed by atoms with Crippen LogP contribution in [0.15, 0.2) is 24.3 Å². The number of hydrogen-bond donors (Lipinski definition) is 1. The summed E-state index contributed by atoms with van der Waals surface area (Å²) in [4.78, 5) is 24.5. The molecule has 0 spiro atoms. The lowest BCUT2D eigenvalue weighted by Crippen LogP contribution is -2.26. The van der Waals surface area contributed by atoms with Gasteiger partial charge in [0.05, 0.1) is 18.6 Å². The molecule has 20 heavy (non-hydrogen) atoms. The highest BCUT2D eigenvalue weighted by atomic mass is 16.5. The summed E-state index contributed by atoms with van der Waals surface area (Å²) >= 11 is 0. The van der Waals surface area contributed by atoms with Crippen LogP contribution in [0.2, 0.25) is 0 Å². The van der Waals surface area contributed by atoms with Gasteiger partial charge in [0.15, 0.2) is 0 Å². The van der Waals surface area contributed by atoms with Gasteiger partial charge in [-0.3, -0.25) is 9.59 Å². The summed E-state index contributed by atoms with van der Waals surface area (Å²) in [6, 6.07) is 6.91. The van der Waals surface area contributed by atoms with Crippen molar-refractivity contribution in [1.82, 2.24) is 4.90 Å². The zero-order valence-corrected chi connectivity index (χ0v) is 11.7. The minimum absolute atomic E-state index is 0.0601. The zero-order valence-electron chi connectivity index (χ0n) is 11.7. The number of amides is 1. The molecular formula is C15H19NO4. The van der Waals surface area contributed by atoms with Gasteiger partial charge in [-0.2, -0.15) is 0 Å². The van der Waals surface area contributed by atoms with Crippen molar-refractivity contribution < 1.29 is 19.4 Å². The Balaban J connectivity index is 2.20. The van der Waals surface area contributed by atoms with Crippen LogP contribution < -0.4 is 4.74 Å². The minimum Gasteiger partial charge on any atom is -0.494 e. The summed E-state index contributed by atoms with van der Waals surface area (Å²) in [5.41, 5.74) is 0.828. The number of nitrogens with zero attached hydrogens (tertiary/aromatic N) is 1. The largest absolute Gasteiger partial charge is 0.494 e. The predicted molar refractivity (Wildman–Crippen MR) is 73.5 cm³/mol. The van der Waals surface area contributed by atoms with E-state index in [1.807, 2.05) is 31.2 Å². The van der Waals surface area contributed by atoms with Gasteiger partial charge in [0.25, 0.3) is 0 Å². The summed E-state index contributed by atoms with van der Waals surface area (Å²) in [6.07, 6.45) is 0.993. The second-order valence-corrected chi connectivity index (χ2v) is 5.02. The normalized spacial score (nSPS) is 22.1. The number of aliphatic carboxylic acids is 1. The highest BCUT2D eigenvalue weighted by Crippen LogP contribution is 2.37. The molecule has 0 bridgehead atoms. The molecule has 2 atom stereocenters. The van der Waals surface area contributed by atoms with Gasteiger partial charge in [0.1, 0.15) is 5.75 Å². The standard InChI is InChI=1S/C15H19NO4/c1-3-8-20-11-6-4-10(5-7-11)14-12(15(18)19)9-13(17)16(14)2/h4-7,12,14H,3,8-9H2,1-2H3,(H,18,19). The molecule has 1 amide bonds. The first-order valence-electron chi connectivity index (χ1n) is 6.75. The number of carboxylic acid groups (broad SMARTS) is 1. The lowest BCUT2D eigenvalue weighted by molar-refractivity contribution is -0.142. The number of carbonyl (C=O) groups is 2. The molecule has 5 heteroatoms. The van der Waals surface area contributed by atoms with Gasteiger partial charge >= 0.3 is 5.97 Å². The molecule has 1 aliphatic heterocycles. The molecule has 0 aromatic heterocycles. The van der Waals surface area contributed by atoms with Crippen LogP contribution in [0.4, 0.5) is 0 Å². The van der Waals surface area contributed by atoms with Crippen LogP contribution in [0, 0.1) is 5.92 Å².